The molecule has 84 valence electrons. The highest BCUT2D eigenvalue weighted by atomic mass is 35.5. The minimum Gasteiger partial charge on any atom is -0.414 e. The Kier molecular flexibility index (Phi) is 2.37. The number of rotatable bonds is 1. The van der Waals surface area contributed by atoms with E-state index in [0.717, 1.165) is 17.5 Å². The molecule has 0 atom stereocenters. The maximum Gasteiger partial charge on any atom is 0.409 e. The van der Waals surface area contributed by atoms with Crippen LogP contribution in [0.2, 0.25) is 0 Å². The van der Waals surface area contributed by atoms with Gasteiger partial charge in [0.1, 0.15) is 5.75 Å². The fourth-order valence-corrected chi connectivity index (χ4v) is 2.39. The Labute approximate surface area is 104 Å². The molecule has 17 heavy (non-hydrogen) atoms. The van der Waals surface area contributed by atoms with E-state index in [0.29, 0.717) is 5.75 Å². The minimum absolute atomic E-state index is 0.554. The predicted molar refractivity (Wildman–Crippen MR) is 66.6 cm³/mol. The minimum atomic E-state index is -0.797. The molecule has 0 heterocycles. The second kappa shape index (κ2) is 3.90. The quantitative estimate of drug-likeness (QED) is 0.605. The Balaban J connectivity index is 2.14. The van der Waals surface area contributed by atoms with Crippen LogP contribution in [0.1, 0.15) is 11.1 Å². The van der Waals surface area contributed by atoms with E-state index in [2.05, 4.69) is 12.1 Å². The summed E-state index contributed by atoms with van der Waals surface area (Å²) in [5, 5.41) is 0. The number of hydrogen-bond donors (Lipinski definition) is 0. The first-order valence-electron chi connectivity index (χ1n) is 5.33. The lowest BCUT2D eigenvalue weighted by Crippen LogP contribution is -1.99. The average molecular weight is 245 g/mol. The second-order valence-corrected chi connectivity index (χ2v) is 4.26. The highest BCUT2D eigenvalue weighted by Crippen LogP contribution is 2.40. The Morgan fingerprint density at radius 1 is 1.06 bits per heavy atom. The normalized spacial score (nSPS) is 11.8. The summed E-state index contributed by atoms with van der Waals surface area (Å²) in [7, 11) is 0. The van der Waals surface area contributed by atoms with Crippen LogP contribution in [-0.2, 0) is 6.42 Å². The largest absolute Gasteiger partial charge is 0.414 e. The Morgan fingerprint density at radius 3 is 2.65 bits per heavy atom. The zero-order valence-electron chi connectivity index (χ0n) is 8.94. The molecule has 1 aliphatic rings. The molecular formula is C14H9ClO2. The summed E-state index contributed by atoms with van der Waals surface area (Å²) in [5.74, 6) is 0.554. The molecule has 0 spiro atoms. The lowest BCUT2D eigenvalue weighted by Gasteiger charge is -2.06. The van der Waals surface area contributed by atoms with Crippen molar-refractivity contribution in [2.75, 3.05) is 0 Å². The van der Waals surface area contributed by atoms with E-state index >= 15 is 0 Å². The van der Waals surface area contributed by atoms with E-state index in [1.165, 1.54) is 11.1 Å². The van der Waals surface area contributed by atoms with Gasteiger partial charge in [-0.25, -0.2) is 4.79 Å². The first-order valence-corrected chi connectivity index (χ1v) is 5.71. The highest BCUT2D eigenvalue weighted by molar-refractivity contribution is 6.61. The van der Waals surface area contributed by atoms with Crippen molar-refractivity contribution in [1.29, 1.82) is 0 Å². The van der Waals surface area contributed by atoms with Crippen LogP contribution >= 0.6 is 11.6 Å². The lowest BCUT2D eigenvalue weighted by atomic mass is 10.1. The summed E-state index contributed by atoms with van der Waals surface area (Å²) in [6.07, 6.45) is 0.784. The number of carbonyl (C=O) groups excluding carboxylic acids is 1. The van der Waals surface area contributed by atoms with Gasteiger partial charge in [0.15, 0.2) is 0 Å². The summed E-state index contributed by atoms with van der Waals surface area (Å²) in [5.41, 5.74) is 3.81. The number of halogens is 1. The van der Waals surface area contributed by atoms with Crippen LogP contribution in [0, 0.1) is 0 Å². The molecule has 0 fully saturated rings. The molecule has 2 aromatic carbocycles. The molecule has 3 heteroatoms. The average Bonchev–Trinajstić information content (AvgIpc) is 2.68. The second-order valence-electron chi connectivity index (χ2n) is 3.96. The molecule has 0 radical (unpaired) electrons. The molecule has 0 N–H and O–H groups in total. The van der Waals surface area contributed by atoms with Gasteiger partial charge in [-0.3, -0.25) is 0 Å². The number of fused-ring (bicyclic) bond motifs is 3. The Bertz CT molecular complexity index is 605. The smallest absolute Gasteiger partial charge is 0.409 e. The van der Waals surface area contributed by atoms with Crippen molar-refractivity contribution in [2.24, 2.45) is 0 Å². The van der Waals surface area contributed by atoms with Gasteiger partial charge in [-0.2, -0.15) is 0 Å². The molecule has 0 saturated carbocycles. The van der Waals surface area contributed by atoms with Gasteiger partial charge in [-0.15, -0.1) is 0 Å². The lowest BCUT2D eigenvalue weighted by molar-refractivity contribution is 0.225. The van der Waals surface area contributed by atoms with E-state index < -0.39 is 5.43 Å². The van der Waals surface area contributed by atoms with Gasteiger partial charge in [-0.05, 0) is 22.8 Å². The van der Waals surface area contributed by atoms with Crippen LogP contribution < -0.4 is 4.74 Å². The molecule has 0 bridgehead atoms. The standard InChI is InChI=1S/C14H9ClO2/c15-14(16)17-13-7-3-6-11-10-5-2-1-4-9(10)8-12(11)13/h1-7H,8H2. The number of carbonyl (C=O) groups is 1. The molecule has 0 amide bonds. The zero-order chi connectivity index (χ0) is 11.8. The third kappa shape index (κ3) is 1.71. The van der Waals surface area contributed by atoms with Crippen molar-refractivity contribution in [3.8, 4) is 16.9 Å². The summed E-state index contributed by atoms with van der Waals surface area (Å²) in [6, 6.07) is 13.9. The molecule has 0 aliphatic heterocycles. The monoisotopic (exact) mass is 244 g/mol. The molecule has 1 aliphatic carbocycles. The molecule has 2 aromatic rings. The van der Waals surface area contributed by atoms with Gasteiger partial charge in [-0.1, -0.05) is 36.4 Å². The van der Waals surface area contributed by atoms with Gasteiger partial charge in [0.25, 0.3) is 0 Å². The third-order valence-corrected chi connectivity index (χ3v) is 3.08. The zero-order valence-corrected chi connectivity index (χ0v) is 9.70. The first-order chi connectivity index (χ1) is 8.25. The predicted octanol–water partition coefficient (Wildman–Crippen LogP) is 4.00. The maximum absolute atomic E-state index is 10.8. The van der Waals surface area contributed by atoms with E-state index in [1.807, 2.05) is 24.3 Å². The molecule has 0 unspecified atom stereocenters. The van der Waals surface area contributed by atoms with Crippen molar-refractivity contribution in [3.63, 3.8) is 0 Å². The van der Waals surface area contributed by atoms with Crippen LogP contribution in [0.15, 0.2) is 42.5 Å². The summed E-state index contributed by atoms with van der Waals surface area (Å²) < 4.78 is 5.01. The van der Waals surface area contributed by atoms with Crippen molar-refractivity contribution in [1.82, 2.24) is 0 Å². The van der Waals surface area contributed by atoms with Crippen molar-refractivity contribution >= 4 is 17.0 Å². The summed E-state index contributed by atoms with van der Waals surface area (Å²) in [6.45, 7) is 0. The highest BCUT2D eigenvalue weighted by Gasteiger charge is 2.21. The SMILES string of the molecule is O=C(Cl)Oc1cccc2c1Cc1ccccc1-2. The molecular weight excluding hydrogens is 236 g/mol. The fraction of sp³-hybridized carbons (Fsp3) is 0.0714. The number of ether oxygens (including phenoxy) is 1. The van der Waals surface area contributed by atoms with Gasteiger partial charge in [0, 0.05) is 23.6 Å². The first kappa shape index (κ1) is 10.4. The third-order valence-electron chi connectivity index (χ3n) is 3.00. The molecule has 2 nitrogen and oxygen atoms in total. The van der Waals surface area contributed by atoms with Gasteiger partial charge in [0.2, 0.25) is 0 Å². The van der Waals surface area contributed by atoms with Crippen molar-refractivity contribution < 1.29 is 9.53 Å². The molecule has 0 aromatic heterocycles. The van der Waals surface area contributed by atoms with E-state index in [-0.39, 0.29) is 0 Å². The van der Waals surface area contributed by atoms with Crippen LogP contribution in [-0.4, -0.2) is 5.43 Å². The summed E-state index contributed by atoms with van der Waals surface area (Å²) >= 11 is 5.26. The van der Waals surface area contributed by atoms with E-state index in [4.69, 9.17) is 16.3 Å². The van der Waals surface area contributed by atoms with E-state index in [9.17, 15) is 4.79 Å². The Hall–Kier alpha value is -1.80. The van der Waals surface area contributed by atoms with Crippen LogP contribution in [0.5, 0.6) is 5.75 Å². The topological polar surface area (TPSA) is 26.3 Å². The molecule has 0 saturated heterocycles. The van der Waals surface area contributed by atoms with Crippen LogP contribution in [0.25, 0.3) is 11.1 Å². The van der Waals surface area contributed by atoms with Crippen LogP contribution in [0.3, 0.4) is 0 Å². The fourth-order valence-electron chi connectivity index (χ4n) is 2.31. The van der Waals surface area contributed by atoms with Gasteiger partial charge >= 0.3 is 5.43 Å². The van der Waals surface area contributed by atoms with Crippen LogP contribution in [0.4, 0.5) is 4.79 Å². The van der Waals surface area contributed by atoms with Gasteiger partial charge in [0.05, 0.1) is 0 Å². The summed E-state index contributed by atoms with van der Waals surface area (Å²) in [4.78, 5) is 10.8. The van der Waals surface area contributed by atoms with E-state index in [1.54, 1.807) is 6.07 Å². The van der Waals surface area contributed by atoms with Crippen molar-refractivity contribution in [3.05, 3.63) is 53.6 Å². The van der Waals surface area contributed by atoms with Gasteiger partial charge < -0.3 is 4.74 Å². The molecule has 3 rings (SSSR count). The Morgan fingerprint density at radius 2 is 1.82 bits per heavy atom. The number of hydrogen-bond acceptors (Lipinski definition) is 2. The maximum atomic E-state index is 10.8. The number of benzene rings is 2. The van der Waals surface area contributed by atoms with Crippen molar-refractivity contribution in [2.45, 2.75) is 6.42 Å².